The number of hydrogen-bond acceptors (Lipinski definition) is 4. The third-order valence-electron chi connectivity index (χ3n) is 2.71. The number of aromatic nitrogens is 2. The number of rotatable bonds is 3. The first-order valence-corrected chi connectivity index (χ1v) is 6.74. The molecular formula is C14H11N3S. The monoisotopic (exact) mass is 253 g/mol. The second-order valence-electron chi connectivity index (χ2n) is 4.19. The molecule has 0 bridgehead atoms. The van der Waals surface area contributed by atoms with E-state index in [1.54, 1.807) is 18.0 Å². The maximum atomic E-state index is 9.18. The molecule has 3 rings (SSSR count). The molecule has 4 heteroatoms. The van der Waals surface area contributed by atoms with Gasteiger partial charge in [0.15, 0.2) is 5.69 Å². The third kappa shape index (κ3) is 2.36. The van der Waals surface area contributed by atoms with Gasteiger partial charge in [0.25, 0.3) is 0 Å². The molecule has 1 saturated carbocycles. The molecule has 0 amide bonds. The molecule has 18 heavy (non-hydrogen) atoms. The van der Waals surface area contributed by atoms with E-state index in [-0.39, 0.29) is 0 Å². The number of nitriles is 1. The largest absolute Gasteiger partial charge is 0.255 e. The van der Waals surface area contributed by atoms with Gasteiger partial charge in [0.1, 0.15) is 6.07 Å². The van der Waals surface area contributed by atoms with Crippen LogP contribution in [0.15, 0.2) is 41.4 Å². The highest BCUT2D eigenvalue weighted by molar-refractivity contribution is 8.00. The Bertz CT molecular complexity index is 600. The maximum absolute atomic E-state index is 9.18. The van der Waals surface area contributed by atoms with Gasteiger partial charge in [-0.3, -0.25) is 4.98 Å². The second kappa shape index (κ2) is 4.79. The number of pyridine rings is 2. The Morgan fingerprint density at radius 3 is 2.72 bits per heavy atom. The van der Waals surface area contributed by atoms with Crippen LogP contribution in [0, 0.1) is 11.3 Å². The smallest absolute Gasteiger partial charge is 0.154 e. The topological polar surface area (TPSA) is 49.6 Å². The van der Waals surface area contributed by atoms with Crippen molar-refractivity contribution in [1.29, 1.82) is 5.26 Å². The van der Waals surface area contributed by atoms with Gasteiger partial charge in [-0.15, -0.1) is 11.8 Å². The van der Waals surface area contributed by atoms with E-state index >= 15 is 0 Å². The van der Waals surface area contributed by atoms with Crippen molar-refractivity contribution >= 4 is 11.8 Å². The molecular weight excluding hydrogens is 242 g/mol. The van der Waals surface area contributed by atoms with E-state index in [1.165, 1.54) is 12.8 Å². The molecule has 3 nitrogen and oxygen atoms in total. The Labute approximate surface area is 110 Å². The third-order valence-corrected chi connectivity index (χ3v) is 4.10. The highest BCUT2D eigenvalue weighted by atomic mass is 32.2. The van der Waals surface area contributed by atoms with Gasteiger partial charge in [-0.2, -0.15) is 5.26 Å². The normalized spacial score (nSPS) is 14.2. The summed E-state index contributed by atoms with van der Waals surface area (Å²) < 4.78 is 0. The first kappa shape index (κ1) is 11.2. The number of thioether (sulfide) groups is 1. The lowest BCUT2D eigenvalue weighted by Crippen LogP contribution is -1.93. The average Bonchev–Trinajstić information content (AvgIpc) is 3.24. The Morgan fingerprint density at radius 2 is 2.06 bits per heavy atom. The van der Waals surface area contributed by atoms with Crippen LogP contribution < -0.4 is 0 Å². The lowest BCUT2D eigenvalue weighted by atomic mass is 10.2. The van der Waals surface area contributed by atoms with E-state index < -0.39 is 0 Å². The fourth-order valence-electron chi connectivity index (χ4n) is 1.64. The van der Waals surface area contributed by atoms with Crippen LogP contribution in [0.1, 0.15) is 18.5 Å². The lowest BCUT2D eigenvalue weighted by molar-refractivity contribution is 1.16. The van der Waals surface area contributed by atoms with E-state index in [0.29, 0.717) is 10.9 Å². The fourth-order valence-corrected chi connectivity index (χ4v) is 2.72. The van der Waals surface area contributed by atoms with Gasteiger partial charge in [0.2, 0.25) is 0 Å². The van der Waals surface area contributed by atoms with Crippen molar-refractivity contribution in [2.24, 2.45) is 0 Å². The maximum Gasteiger partial charge on any atom is 0.154 e. The van der Waals surface area contributed by atoms with E-state index in [9.17, 15) is 5.26 Å². The van der Waals surface area contributed by atoms with Crippen molar-refractivity contribution in [2.45, 2.75) is 23.0 Å². The van der Waals surface area contributed by atoms with Gasteiger partial charge >= 0.3 is 0 Å². The first-order valence-electron chi connectivity index (χ1n) is 5.86. The molecule has 1 fully saturated rings. The summed E-state index contributed by atoms with van der Waals surface area (Å²) in [6.45, 7) is 0. The molecule has 0 atom stereocenters. The summed E-state index contributed by atoms with van der Waals surface area (Å²) in [5, 5.41) is 9.86. The zero-order valence-corrected chi connectivity index (χ0v) is 10.5. The average molecular weight is 253 g/mol. The summed E-state index contributed by atoms with van der Waals surface area (Å²) >= 11 is 1.76. The van der Waals surface area contributed by atoms with Gasteiger partial charge in [-0.25, -0.2) is 4.98 Å². The summed E-state index contributed by atoms with van der Waals surface area (Å²) in [5.41, 5.74) is 2.07. The van der Waals surface area contributed by atoms with Crippen molar-refractivity contribution < 1.29 is 0 Å². The van der Waals surface area contributed by atoms with Gasteiger partial charge in [-0.05, 0) is 37.1 Å². The van der Waals surface area contributed by atoms with Crippen LogP contribution in [0.3, 0.4) is 0 Å². The zero-order valence-electron chi connectivity index (χ0n) is 9.71. The highest BCUT2D eigenvalue weighted by Crippen LogP contribution is 2.40. The van der Waals surface area contributed by atoms with E-state index in [0.717, 1.165) is 16.3 Å². The molecule has 2 aromatic heterocycles. The predicted molar refractivity (Wildman–Crippen MR) is 71.1 cm³/mol. The van der Waals surface area contributed by atoms with Crippen LogP contribution >= 0.6 is 11.8 Å². The molecule has 88 valence electrons. The van der Waals surface area contributed by atoms with Gasteiger partial charge in [0, 0.05) is 16.3 Å². The van der Waals surface area contributed by atoms with Crippen LogP contribution in [0.2, 0.25) is 0 Å². The highest BCUT2D eigenvalue weighted by Gasteiger charge is 2.24. The summed E-state index contributed by atoms with van der Waals surface area (Å²) in [6.07, 6.45) is 4.23. The lowest BCUT2D eigenvalue weighted by Gasteiger charge is -2.04. The molecule has 0 radical (unpaired) electrons. The summed E-state index contributed by atoms with van der Waals surface area (Å²) in [5.74, 6) is 0. The number of nitrogens with zero attached hydrogens (tertiary/aromatic N) is 3. The Balaban J connectivity index is 1.96. The van der Waals surface area contributed by atoms with Crippen molar-refractivity contribution in [3.05, 3.63) is 42.2 Å². The van der Waals surface area contributed by atoms with Crippen molar-refractivity contribution in [2.75, 3.05) is 0 Å². The Hall–Kier alpha value is -1.86. The van der Waals surface area contributed by atoms with Crippen molar-refractivity contribution in [3.8, 4) is 17.5 Å². The first-order chi connectivity index (χ1) is 8.86. The Kier molecular flexibility index (Phi) is 2.99. The molecule has 1 aliphatic rings. The second-order valence-corrected chi connectivity index (χ2v) is 5.53. The van der Waals surface area contributed by atoms with Gasteiger partial charge in [0.05, 0.1) is 11.4 Å². The standard InChI is InChI=1S/C14H11N3S/c15-9-13-14(18-10-4-5-10)7-6-12(17-13)11-3-1-2-8-16-11/h1-3,6-8,10H,4-5H2. The van der Waals surface area contributed by atoms with Gasteiger partial charge in [-0.1, -0.05) is 6.07 Å². The van der Waals surface area contributed by atoms with Crippen LogP contribution in [0.5, 0.6) is 0 Å². The zero-order chi connectivity index (χ0) is 12.4. The molecule has 0 saturated heterocycles. The summed E-state index contributed by atoms with van der Waals surface area (Å²) in [4.78, 5) is 9.63. The SMILES string of the molecule is N#Cc1nc(-c2ccccn2)ccc1SC1CC1. The molecule has 1 aliphatic carbocycles. The van der Waals surface area contributed by atoms with Crippen LogP contribution in [0.25, 0.3) is 11.4 Å². The number of hydrogen-bond donors (Lipinski definition) is 0. The quantitative estimate of drug-likeness (QED) is 0.842. The molecule has 2 aromatic rings. The van der Waals surface area contributed by atoms with Crippen LogP contribution in [0.4, 0.5) is 0 Å². The minimum absolute atomic E-state index is 0.509. The minimum atomic E-state index is 0.509. The molecule has 0 aliphatic heterocycles. The summed E-state index contributed by atoms with van der Waals surface area (Å²) in [6, 6.07) is 11.8. The fraction of sp³-hybridized carbons (Fsp3) is 0.214. The van der Waals surface area contributed by atoms with E-state index in [4.69, 9.17) is 0 Å². The van der Waals surface area contributed by atoms with Gasteiger partial charge < -0.3 is 0 Å². The van der Waals surface area contributed by atoms with E-state index in [2.05, 4.69) is 16.0 Å². The van der Waals surface area contributed by atoms with Crippen molar-refractivity contribution in [3.63, 3.8) is 0 Å². The summed E-state index contributed by atoms with van der Waals surface area (Å²) in [7, 11) is 0. The molecule has 0 aromatic carbocycles. The Morgan fingerprint density at radius 1 is 1.17 bits per heavy atom. The molecule has 0 unspecified atom stereocenters. The molecule has 0 spiro atoms. The van der Waals surface area contributed by atoms with Crippen LogP contribution in [-0.4, -0.2) is 15.2 Å². The molecule has 2 heterocycles. The minimum Gasteiger partial charge on any atom is -0.255 e. The predicted octanol–water partition coefficient (Wildman–Crippen LogP) is 3.27. The van der Waals surface area contributed by atoms with Crippen molar-refractivity contribution in [1.82, 2.24) is 9.97 Å². The van der Waals surface area contributed by atoms with E-state index in [1.807, 2.05) is 30.3 Å². The van der Waals surface area contributed by atoms with Crippen LogP contribution in [-0.2, 0) is 0 Å². The molecule has 0 N–H and O–H groups in total.